The summed E-state index contributed by atoms with van der Waals surface area (Å²) in [5.41, 5.74) is 0.863. The monoisotopic (exact) mass is 255 g/mol. The van der Waals surface area contributed by atoms with Crippen molar-refractivity contribution < 1.29 is 10.2 Å². The minimum atomic E-state index is 0.0427. The fourth-order valence-electron chi connectivity index (χ4n) is 1.43. The highest BCUT2D eigenvalue weighted by atomic mass is 32.2. The van der Waals surface area contributed by atoms with Crippen molar-refractivity contribution in [2.75, 3.05) is 12.4 Å². The summed E-state index contributed by atoms with van der Waals surface area (Å²) in [5.74, 6) is 1.35. The van der Waals surface area contributed by atoms with Gasteiger partial charge in [0.25, 0.3) is 0 Å². The van der Waals surface area contributed by atoms with Gasteiger partial charge in [0, 0.05) is 12.1 Å². The second-order valence-electron chi connectivity index (χ2n) is 3.91. The van der Waals surface area contributed by atoms with E-state index in [1.165, 1.54) is 12.8 Å². The van der Waals surface area contributed by atoms with Crippen LogP contribution in [-0.4, -0.2) is 27.9 Å². The zero-order valence-corrected chi connectivity index (χ0v) is 11.0. The molecule has 0 fully saturated rings. The standard InChI is InChI=1S/C13H21NO2S/c1-2-3-8-17-13(10-15)14-9-11-6-4-5-7-12(11)16/h4-7,13-16H,2-3,8-10H2,1H3. The Hall–Kier alpha value is -0.710. The number of phenols is 1. The molecule has 0 aliphatic rings. The number of para-hydroxylation sites is 1. The summed E-state index contributed by atoms with van der Waals surface area (Å²) in [6.07, 6.45) is 2.34. The Morgan fingerprint density at radius 3 is 2.76 bits per heavy atom. The molecule has 1 atom stereocenters. The third kappa shape index (κ3) is 5.44. The number of unbranched alkanes of at least 4 members (excludes halogenated alkanes) is 1. The zero-order chi connectivity index (χ0) is 12.5. The summed E-state index contributed by atoms with van der Waals surface area (Å²) in [4.78, 5) is 0. The summed E-state index contributed by atoms with van der Waals surface area (Å²) in [5, 5.41) is 22.1. The van der Waals surface area contributed by atoms with Crippen LogP contribution in [0.2, 0.25) is 0 Å². The Balaban J connectivity index is 2.34. The fraction of sp³-hybridized carbons (Fsp3) is 0.538. The summed E-state index contributed by atoms with van der Waals surface area (Å²) >= 11 is 1.73. The molecule has 4 heteroatoms. The van der Waals surface area contributed by atoms with Gasteiger partial charge < -0.3 is 10.2 Å². The van der Waals surface area contributed by atoms with Crippen LogP contribution in [0, 0.1) is 0 Å². The predicted molar refractivity (Wildman–Crippen MR) is 73.2 cm³/mol. The number of aliphatic hydroxyl groups excluding tert-OH is 1. The lowest BCUT2D eigenvalue weighted by molar-refractivity contribution is 0.279. The first-order chi connectivity index (χ1) is 8.27. The van der Waals surface area contributed by atoms with Gasteiger partial charge in [-0.2, -0.15) is 0 Å². The van der Waals surface area contributed by atoms with E-state index < -0.39 is 0 Å². The van der Waals surface area contributed by atoms with Crippen molar-refractivity contribution in [3.63, 3.8) is 0 Å². The Labute approximate surface area is 107 Å². The first kappa shape index (κ1) is 14.4. The molecule has 0 aromatic heterocycles. The van der Waals surface area contributed by atoms with Crippen molar-refractivity contribution in [2.24, 2.45) is 0 Å². The van der Waals surface area contributed by atoms with Gasteiger partial charge in [-0.25, -0.2) is 0 Å². The van der Waals surface area contributed by atoms with E-state index in [1.807, 2.05) is 12.1 Å². The second kappa shape index (κ2) is 8.39. The minimum Gasteiger partial charge on any atom is -0.508 e. The molecule has 1 aromatic carbocycles. The van der Waals surface area contributed by atoms with Crippen LogP contribution in [0.5, 0.6) is 5.75 Å². The number of aliphatic hydroxyl groups is 1. The topological polar surface area (TPSA) is 52.5 Å². The summed E-state index contributed by atoms with van der Waals surface area (Å²) in [7, 11) is 0. The van der Waals surface area contributed by atoms with Crippen molar-refractivity contribution in [3.8, 4) is 5.75 Å². The van der Waals surface area contributed by atoms with Crippen molar-refractivity contribution >= 4 is 11.8 Å². The second-order valence-corrected chi connectivity index (χ2v) is 5.22. The highest BCUT2D eigenvalue weighted by Gasteiger charge is 2.07. The summed E-state index contributed by atoms with van der Waals surface area (Å²) < 4.78 is 0. The molecule has 0 bridgehead atoms. The van der Waals surface area contributed by atoms with E-state index in [2.05, 4.69) is 12.2 Å². The van der Waals surface area contributed by atoms with Gasteiger partial charge in [-0.1, -0.05) is 31.5 Å². The van der Waals surface area contributed by atoms with Gasteiger partial charge in [0.15, 0.2) is 0 Å². The van der Waals surface area contributed by atoms with E-state index in [-0.39, 0.29) is 12.0 Å². The SMILES string of the molecule is CCCCSC(CO)NCc1ccccc1O. The van der Waals surface area contributed by atoms with Crippen LogP contribution in [0.25, 0.3) is 0 Å². The molecule has 0 aliphatic carbocycles. The van der Waals surface area contributed by atoms with E-state index in [0.29, 0.717) is 12.3 Å². The molecule has 0 amide bonds. The number of hydrogen-bond donors (Lipinski definition) is 3. The van der Waals surface area contributed by atoms with E-state index in [1.54, 1.807) is 23.9 Å². The number of benzene rings is 1. The van der Waals surface area contributed by atoms with Crippen molar-refractivity contribution in [1.82, 2.24) is 5.32 Å². The van der Waals surface area contributed by atoms with Crippen LogP contribution in [0.15, 0.2) is 24.3 Å². The van der Waals surface area contributed by atoms with E-state index >= 15 is 0 Å². The van der Waals surface area contributed by atoms with E-state index in [0.717, 1.165) is 11.3 Å². The van der Waals surface area contributed by atoms with Gasteiger partial charge in [-0.05, 0) is 18.2 Å². The molecule has 96 valence electrons. The number of hydrogen-bond acceptors (Lipinski definition) is 4. The largest absolute Gasteiger partial charge is 0.508 e. The molecule has 0 spiro atoms. The van der Waals surface area contributed by atoms with Crippen molar-refractivity contribution in [2.45, 2.75) is 31.7 Å². The molecule has 0 aliphatic heterocycles. The Morgan fingerprint density at radius 1 is 1.35 bits per heavy atom. The van der Waals surface area contributed by atoms with Gasteiger partial charge in [-0.3, -0.25) is 5.32 Å². The summed E-state index contributed by atoms with van der Waals surface area (Å²) in [6.45, 7) is 2.85. The molecule has 3 N–H and O–H groups in total. The molecular formula is C13H21NO2S. The third-order valence-corrected chi connectivity index (χ3v) is 3.74. The number of phenolic OH excluding ortho intramolecular Hbond substituents is 1. The maximum atomic E-state index is 9.60. The molecule has 0 heterocycles. The summed E-state index contributed by atoms with van der Waals surface area (Å²) in [6, 6.07) is 7.26. The van der Waals surface area contributed by atoms with Crippen LogP contribution >= 0.6 is 11.8 Å². The van der Waals surface area contributed by atoms with Crippen LogP contribution in [0.3, 0.4) is 0 Å². The first-order valence-corrected chi connectivity index (χ1v) is 7.05. The normalized spacial score (nSPS) is 12.6. The fourth-order valence-corrected chi connectivity index (χ4v) is 2.48. The molecule has 1 unspecified atom stereocenters. The van der Waals surface area contributed by atoms with Gasteiger partial charge in [0.2, 0.25) is 0 Å². The van der Waals surface area contributed by atoms with Gasteiger partial charge in [-0.15, -0.1) is 11.8 Å². The van der Waals surface area contributed by atoms with Gasteiger partial charge >= 0.3 is 0 Å². The Bertz CT molecular complexity index is 320. The molecule has 0 saturated heterocycles. The molecule has 0 radical (unpaired) electrons. The quantitative estimate of drug-likeness (QED) is 0.493. The highest BCUT2D eigenvalue weighted by Crippen LogP contribution is 2.17. The predicted octanol–water partition coefficient (Wildman–Crippen LogP) is 2.33. The van der Waals surface area contributed by atoms with Crippen molar-refractivity contribution in [1.29, 1.82) is 0 Å². The Kier molecular flexibility index (Phi) is 7.08. The number of thioether (sulfide) groups is 1. The molecule has 1 aromatic rings. The lowest BCUT2D eigenvalue weighted by Gasteiger charge is -2.16. The Morgan fingerprint density at radius 2 is 2.12 bits per heavy atom. The van der Waals surface area contributed by atoms with Crippen molar-refractivity contribution in [3.05, 3.63) is 29.8 Å². The van der Waals surface area contributed by atoms with Crippen LogP contribution in [0.4, 0.5) is 0 Å². The number of aromatic hydroxyl groups is 1. The lowest BCUT2D eigenvalue weighted by Crippen LogP contribution is -2.29. The molecular weight excluding hydrogens is 234 g/mol. The van der Waals surface area contributed by atoms with Gasteiger partial charge in [0.05, 0.1) is 12.0 Å². The van der Waals surface area contributed by atoms with E-state index in [9.17, 15) is 10.2 Å². The number of nitrogens with one attached hydrogen (secondary N) is 1. The first-order valence-electron chi connectivity index (χ1n) is 6.00. The van der Waals surface area contributed by atoms with E-state index in [4.69, 9.17) is 0 Å². The third-order valence-electron chi connectivity index (χ3n) is 2.49. The minimum absolute atomic E-state index is 0.0427. The molecule has 1 rings (SSSR count). The average Bonchev–Trinajstić information content (AvgIpc) is 2.35. The maximum Gasteiger partial charge on any atom is 0.120 e. The van der Waals surface area contributed by atoms with Crippen LogP contribution < -0.4 is 5.32 Å². The lowest BCUT2D eigenvalue weighted by atomic mass is 10.2. The van der Waals surface area contributed by atoms with Crippen LogP contribution in [0.1, 0.15) is 25.3 Å². The maximum absolute atomic E-state index is 9.60. The highest BCUT2D eigenvalue weighted by molar-refractivity contribution is 7.99. The average molecular weight is 255 g/mol. The molecule has 17 heavy (non-hydrogen) atoms. The zero-order valence-electron chi connectivity index (χ0n) is 10.2. The molecule has 3 nitrogen and oxygen atoms in total. The van der Waals surface area contributed by atoms with Gasteiger partial charge in [0.1, 0.15) is 5.75 Å². The smallest absolute Gasteiger partial charge is 0.120 e. The molecule has 0 saturated carbocycles. The van der Waals surface area contributed by atoms with Crippen LogP contribution in [-0.2, 0) is 6.54 Å². The number of rotatable bonds is 8.